The van der Waals surface area contributed by atoms with E-state index in [9.17, 15) is 4.39 Å². The van der Waals surface area contributed by atoms with Gasteiger partial charge in [-0.05, 0) is 55.3 Å². The molecule has 2 aromatic carbocycles. The third-order valence-corrected chi connectivity index (χ3v) is 3.64. The molecule has 2 N–H and O–H groups in total. The van der Waals surface area contributed by atoms with Crippen molar-refractivity contribution in [3.05, 3.63) is 63.4 Å². The highest BCUT2D eigenvalue weighted by molar-refractivity contribution is 9.10. The molecule has 0 aliphatic rings. The number of benzene rings is 2. The van der Waals surface area contributed by atoms with Crippen molar-refractivity contribution in [3.8, 4) is 5.75 Å². The largest absolute Gasteiger partial charge is 0.489 e. The van der Waals surface area contributed by atoms with Crippen LogP contribution in [0, 0.1) is 12.7 Å². The van der Waals surface area contributed by atoms with Crippen molar-refractivity contribution in [2.75, 3.05) is 0 Å². The maximum Gasteiger partial charge on any atom is 0.124 e. The van der Waals surface area contributed by atoms with E-state index in [0.29, 0.717) is 6.61 Å². The van der Waals surface area contributed by atoms with Gasteiger partial charge < -0.3 is 10.5 Å². The predicted octanol–water partition coefficient (Wildman–Crippen LogP) is 4.50. The minimum atomic E-state index is -0.230. The summed E-state index contributed by atoms with van der Waals surface area (Å²) in [4.78, 5) is 0. The third kappa shape index (κ3) is 3.58. The summed E-state index contributed by atoms with van der Waals surface area (Å²) < 4.78 is 19.9. The molecular weight excluding hydrogens is 321 g/mol. The number of nitrogens with two attached hydrogens (primary N) is 1. The maximum absolute atomic E-state index is 13.1. The molecule has 4 heteroatoms. The van der Waals surface area contributed by atoms with Gasteiger partial charge in [0.05, 0.1) is 0 Å². The van der Waals surface area contributed by atoms with Gasteiger partial charge in [-0.15, -0.1) is 0 Å². The first-order chi connectivity index (χ1) is 9.47. The van der Waals surface area contributed by atoms with E-state index in [0.717, 1.165) is 26.9 Å². The van der Waals surface area contributed by atoms with Crippen LogP contribution in [-0.4, -0.2) is 0 Å². The molecule has 2 aromatic rings. The molecule has 0 fully saturated rings. The molecule has 0 saturated heterocycles. The highest BCUT2D eigenvalue weighted by Crippen LogP contribution is 2.28. The number of aryl methyl sites for hydroxylation is 1. The van der Waals surface area contributed by atoms with E-state index in [4.69, 9.17) is 10.5 Å². The SMILES string of the molecule is Cc1cc(F)ccc1COc1ccc(Br)cc1C(C)N. The lowest BCUT2D eigenvalue weighted by atomic mass is 10.1. The Morgan fingerprint density at radius 2 is 2.00 bits per heavy atom. The average molecular weight is 338 g/mol. The topological polar surface area (TPSA) is 35.2 Å². The molecular formula is C16H17BrFNO. The van der Waals surface area contributed by atoms with E-state index < -0.39 is 0 Å². The molecule has 106 valence electrons. The number of rotatable bonds is 4. The fraction of sp³-hybridized carbons (Fsp3) is 0.250. The summed E-state index contributed by atoms with van der Waals surface area (Å²) in [6, 6.07) is 10.3. The van der Waals surface area contributed by atoms with Gasteiger partial charge in [0, 0.05) is 16.1 Å². The summed E-state index contributed by atoms with van der Waals surface area (Å²) >= 11 is 3.43. The van der Waals surface area contributed by atoms with Gasteiger partial charge in [0.1, 0.15) is 18.2 Å². The number of hydrogen-bond acceptors (Lipinski definition) is 2. The van der Waals surface area contributed by atoms with E-state index in [1.165, 1.54) is 12.1 Å². The Hall–Kier alpha value is -1.39. The number of halogens is 2. The molecule has 0 bridgehead atoms. The fourth-order valence-electron chi connectivity index (χ4n) is 1.98. The summed E-state index contributed by atoms with van der Waals surface area (Å²) in [7, 11) is 0. The Morgan fingerprint density at radius 1 is 1.25 bits per heavy atom. The van der Waals surface area contributed by atoms with Crippen molar-refractivity contribution in [1.29, 1.82) is 0 Å². The molecule has 0 aromatic heterocycles. The van der Waals surface area contributed by atoms with Crippen molar-refractivity contribution in [2.24, 2.45) is 5.73 Å². The number of hydrogen-bond donors (Lipinski definition) is 1. The second-order valence-electron chi connectivity index (χ2n) is 4.83. The molecule has 2 rings (SSSR count). The highest BCUT2D eigenvalue weighted by Gasteiger charge is 2.10. The summed E-state index contributed by atoms with van der Waals surface area (Å²) in [5.41, 5.74) is 8.74. The Kier molecular flexibility index (Phi) is 4.78. The lowest BCUT2D eigenvalue weighted by Gasteiger charge is -2.15. The Bertz CT molecular complexity index is 613. The molecule has 0 saturated carbocycles. The first-order valence-electron chi connectivity index (χ1n) is 6.40. The van der Waals surface area contributed by atoms with Crippen LogP contribution in [0.3, 0.4) is 0 Å². The average Bonchev–Trinajstić information content (AvgIpc) is 2.38. The Morgan fingerprint density at radius 3 is 2.65 bits per heavy atom. The summed E-state index contributed by atoms with van der Waals surface area (Å²) in [6.45, 7) is 4.18. The third-order valence-electron chi connectivity index (χ3n) is 3.15. The van der Waals surface area contributed by atoms with Crippen molar-refractivity contribution >= 4 is 15.9 Å². The molecule has 1 unspecified atom stereocenters. The van der Waals surface area contributed by atoms with Crippen LogP contribution in [0.25, 0.3) is 0 Å². The second kappa shape index (κ2) is 6.37. The first-order valence-corrected chi connectivity index (χ1v) is 7.19. The molecule has 0 spiro atoms. The van der Waals surface area contributed by atoms with Gasteiger partial charge >= 0.3 is 0 Å². The lowest BCUT2D eigenvalue weighted by Crippen LogP contribution is -2.08. The van der Waals surface area contributed by atoms with Crippen LogP contribution in [0.15, 0.2) is 40.9 Å². The van der Waals surface area contributed by atoms with E-state index in [1.807, 2.05) is 32.0 Å². The molecule has 2 nitrogen and oxygen atoms in total. The zero-order valence-corrected chi connectivity index (χ0v) is 13.1. The first kappa shape index (κ1) is 15.0. The Balaban J connectivity index is 2.18. The van der Waals surface area contributed by atoms with Gasteiger partial charge in [-0.25, -0.2) is 4.39 Å². The van der Waals surface area contributed by atoms with Crippen LogP contribution in [-0.2, 0) is 6.61 Å². The van der Waals surface area contributed by atoms with E-state index in [-0.39, 0.29) is 11.9 Å². The smallest absolute Gasteiger partial charge is 0.124 e. The van der Waals surface area contributed by atoms with Crippen LogP contribution in [0.4, 0.5) is 4.39 Å². The summed E-state index contributed by atoms with van der Waals surface area (Å²) in [5, 5.41) is 0. The minimum absolute atomic E-state index is 0.114. The quantitative estimate of drug-likeness (QED) is 0.891. The molecule has 0 amide bonds. The maximum atomic E-state index is 13.1. The molecule has 0 heterocycles. The van der Waals surface area contributed by atoms with Crippen LogP contribution in [0.5, 0.6) is 5.75 Å². The molecule has 0 aliphatic heterocycles. The van der Waals surface area contributed by atoms with Gasteiger partial charge in [0.25, 0.3) is 0 Å². The van der Waals surface area contributed by atoms with Crippen LogP contribution in [0.2, 0.25) is 0 Å². The zero-order chi connectivity index (χ0) is 14.7. The van der Waals surface area contributed by atoms with E-state index >= 15 is 0 Å². The second-order valence-corrected chi connectivity index (χ2v) is 5.75. The van der Waals surface area contributed by atoms with Gasteiger partial charge in [0.15, 0.2) is 0 Å². The van der Waals surface area contributed by atoms with Gasteiger partial charge in [-0.1, -0.05) is 22.0 Å². The van der Waals surface area contributed by atoms with Crippen LogP contribution >= 0.6 is 15.9 Å². The molecule has 1 atom stereocenters. The van der Waals surface area contributed by atoms with Gasteiger partial charge in [-0.2, -0.15) is 0 Å². The lowest BCUT2D eigenvalue weighted by molar-refractivity contribution is 0.300. The van der Waals surface area contributed by atoms with Crippen molar-refractivity contribution < 1.29 is 9.13 Å². The fourth-order valence-corrected chi connectivity index (χ4v) is 2.36. The Labute approximate surface area is 126 Å². The summed E-state index contributed by atoms with van der Waals surface area (Å²) in [5.74, 6) is 0.526. The molecule has 0 aliphatic carbocycles. The van der Waals surface area contributed by atoms with Gasteiger partial charge in [-0.3, -0.25) is 0 Å². The van der Waals surface area contributed by atoms with Crippen LogP contribution in [0.1, 0.15) is 29.7 Å². The van der Waals surface area contributed by atoms with Crippen molar-refractivity contribution in [2.45, 2.75) is 26.5 Å². The van der Waals surface area contributed by atoms with E-state index in [2.05, 4.69) is 15.9 Å². The standard InChI is InChI=1S/C16H17BrFNO/c1-10-7-14(18)5-3-12(10)9-20-16-6-4-13(17)8-15(16)11(2)19/h3-8,11H,9,19H2,1-2H3. The van der Waals surface area contributed by atoms with Gasteiger partial charge in [0.2, 0.25) is 0 Å². The highest BCUT2D eigenvalue weighted by atomic mass is 79.9. The minimum Gasteiger partial charge on any atom is -0.489 e. The zero-order valence-electron chi connectivity index (χ0n) is 11.5. The van der Waals surface area contributed by atoms with E-state index in [1.54, 1.807) is 6.07 Å². The predicted molar refractivity (Wildman–Crippen MR) is 82.2 cm³/mol. The summed E-state index contributed by atoms with van der Waals surface area (Å²) in [6.07, 6.45) is 0. The monoisotopic (exact) mass is 337 g/mol. The molecule has 20 heavy (non-hydrogen) atoms. The molecule has 0 radical (unpaired) electrons. The number of ether oxygens (including phenoxy) is 1. The van der Waals surface area contributed by atoms with Crippen molar-refractivity contribution in [3.63, 3.8) is 0 Å². The van der Waals surface area contributed by atoms with Crippen molar-refractivity contribution in [1.82, 2.24) is 0 Å². The van der Waals surface area contributed by atoms with Crippen LogP contribution < -0.4 is 10.5 Å². The normalized spacial score (nSPS) is 12.2.